The molecular weight excluding hydrogens is 340 g/mol. The number of ether oxygens (including phenoxy) is 2. The van der Waals surface area contributed by atoms with Gasteiger partial charge in [0.25, 0.3) is 5.56 Å². The van der Waals surface area contributed by atoms with Crippen LogP contribution in [0.1, 0.15) is 10.6 Å². The lowest BCUT2D eigenvalue weighted by Crippen LogP contribution is -2.36. The third-order valence-electron chi connectivity index (χ3n) is 3.75. The maximum absolute atomic E-state index is 12.1. The van der Waals surface area contributed by atoms with Crippen molar-refractivity contribution in [1.82, 2.24) is 15.2 Å². The first kappa shape index (κ1) is 15.6. The molecule has 1 aliphatic rings. The van der Waals surface area contributed by atoms with E-state index < -0.39 is 0 Å². The number of thiophene rings is 1. The largest absolute Gasteiger partial charge is 0.486 e. The van der Waals surface area contributed by atoms with Crippen LogP contribution in [0.5, 0.6) is 11.5 Å². The van der Waals surface area contributed by atoms with Crippen LogP contribution in [0.2, 0.25) is 0 Å². The monoisotopic (exact) mass is 356 g/mol. The number of aromatic amines is 1. The first-order valence-corrected chi connectivity index (χ1v) is 8.76. The Balaban J connectivity index is 1.37. The van der Waals surface area contributed by atoms with E-state index in [4.69, 9.17) is 9.47 Å². The molecule has 0 amide bonds. The average molecular weight is 356 g/mol. The highest BCUT2D eigenvalue weighted by atomic mass is 32.1. The minimum Gasteiger partial charge on any atom is -0.486 e. The summed E-state index contributed by atoms with van der Waals surface area (Å²) < 4.78 is 11.5. The van der Waals surface area contributed by atoms with Gasteiger partial charge < -0.3 is 14.8 Å². The van der Waals surface area contributed by atoms with Gasteiger partial charge in [0.05, 0.1) is 6.54 Å². The maximum Gasteiger partial charge on any atom is 0.274 e. The fourth-order valence-corrected chi connectivity index (χ4v) is 3.22. The molecule has 3 heterocycles. The first-order chi connectivity index (χ1) is 12.3. The molecule has 8 heteroatoms. The number of nitrogens with zero attached hydrogens (tertiary/aromatic N) is 2. The highest BCUT2D eigenvalue weighted by Gasteiger charge is 2.20. The van der Waals surface area contributed by atoms with E-state index in [1.54, 1.807) is 11.3 Å². The van der Waals surface area contributed by atoms with Crippen LogP contribution in [0.4, 0.5) is 5.95 Å². The second-order valence-electron chi connectivity index (χ2n) is 5.58. The molecule has 1 unspecified atom stereocenters. The Morgan fingerprint density at radius 3 is 2.88 bits per heavy atom. The Morgan fingerprint density at radius 2 is 2.08 bits per heavy atom. The third-order valence-corrected chi connectivity index (χ3v) is 4.63. The van der Waals surface area contributed by atoms with E-state index in [1.165, 1.54) is 0 Å². The summed E-state index contributed by atoms with van der Waals surface area (Å²) in [5, 5.41) is 13.1. The van der Waals surface area contributed by atoms with E-state index >= 15 is 0 Å². The van der Waals surface area contributed by atoms with Gasteiger partial charge in [-0.05, 0) is 23.6 Å². The van der Waals surface area contributed by atoms with Crippen molar-refractivity contribution in [2.45, 2.75) is 12.5 Å². The minimum atomic E-state index is -0.239. The van der Waals surface area contributed by atoms with Crippen LogP contribution < -0.4 is 20.3 Å². The number of nitrogens with one attached hydrogen (secondary N) is 2. The lowest BCUT2D eigenvalue weighted by atomic mass is 10.2. The van der Waals surface area contributed by atoms with Crippen molar-refractivity contribution >= 4 is 17.3 Å². The van der Waals surface area contributed by atoms with Crippen LogP contribution >= 0.6 is 11.3 Å². The number of hydrogen-bond donors (Lipinski definition) is 2. The van der Waals surface area contributed by atoms with Gasteiger partial charge >= 0.3 is 0 Å². The number of hydrogen-bond acceptors (Lipinski definition) is 7. The molecule has 0 saturated heterocycles. The summed E-state index contributed by atoms with van der Waals surface area (Å²) in [5.74, 6) is 1.78. The minimum absolute atomic E-state index is 0.175. The Morgan fingerprint density at radius 1 is 1.20 bits per heavy atom. The normalized spacial score (nSPS) is 15.8. The molecular formula is C17H16N4O3S. The topological polar surface area (TPSA) is 89.1 Å². The third kappa shape index (κ3) is 3.63. The molecule has 128 valence electrons. The molecule has 0 spiro atoms. The number of rotatable bonds is 5. The van der Waals surface area contributed by atoms with Crippen LogP contribution in [0, 0.1) is 0 Å². The second-order valence-corrected chi connectivity index (χ2v) is 6.62. The Kier molecular flexibility index (Phi) is 4.34. The van der Waals surface area contributed by atoms with Crippen molar-refractivity contribution in [3.63, 3.8) is 0 Å². The summed E-state index contributed by atoms with van der Waals surface area (Å²) in [6.07, 6.45) is 0.308. The van der Waals surface area contributed by atoms with Crippen LogP contribution in [-0.4, -0.2) is 34.4 Å². The number of H-pyrrole nitrogens is 1. The van der Waals surface area contributed by atoms with E-state index in [-0.39, 0.29) is 11.7 Å². The highest BCUT2D eigenvalue weighted by Crippen LogP contribution is 2.30. The number of benzene rings is 1. The quantitative estimate of drug-likeness (QED) is 0.727. The number of fused-ring (bicyclic) bond motifs is 1. The molecule has 0 aliphatic carbocycles. The van der Waals surface area contributed by atoms with Gasteiger partial charge in [-0.25, -0.2) is 0 Å². The fourth-order valence-electron chi connectivity index (χ4n) is 2.51. The van der Waals surface area contributed by atoms with Gasteiger partial charge in [0.2, 0.25) is 5.95 Å². The number of para-hydroxylation sites is 2. The predicted molar refractivity (Wildman–Crippen MR) is 94.6 cm³/mol. The van der Waals surface area contributed by atoms with Crippen LogP contribution in [0.25, 0.3) is 0 Å². The maximum atomic E-state index is 12.1. The van der Waals surface area contributed by atoms with Gasteiger partial charge in [0.15, 0.2) is 11.5 Å². The molecule has 0 fully saturated rings. The lowest BCUT2D eigenvalue weighted by molar-refractivity contribution is 0.0996. The smallest absolute Gasteiger partial charge is 0.274 e. The summed E-state index contributed by atoms with van der Waals surface area (Å²) in [5.41, 5.74) is 0.163. The summed E-state index contributed by atoms with van der Waals surface area (Å²) in [7, 11) is 0. The van der Waals surface area contributed by atoms with Gasteiger partial charge in [0, 0.05) is 11.3 Å². The van der Waals surface area contributed by atoms with E-state index in [0.717, 1.165) is 10.6 Å². The molecule has 0 bridgehead atoms. The lowest BCUT2D eigenvalue weighted by Gasteiger charge is -2.26. The molecule has 7 nitrogen and oxygen atoms in total. The van der Waals surface area contributed by atoms with E-state index in [0.29, 0.717) is 37.0 Å². The predicted octanol–water partition coefficient (Wildman–Crippen LogP) is 2.07. The molecule has 1 aliphatic heterocycles. The molecule has 1 atom stereocenters. The average Bonchev–Trinajstić information content (AvgIpc) is 3.15. The summed E-state index contributed by atoms with van der Waals surface area (Å²) in [6.45, 7) is 0.876. The number of aromatic nitrogens is 3. The highest BCUT2D eigenvalue weighted by molar-refractivity contribution is 7.09. The van der Waals surface area contributed by atoms with E-state index in [2.05, 4.69) is 20.5 Å². The summed E-state index contributed by atoms with van der Waals surface area (Å²) in [4.78, 5) is 15.9. The van der Waals surface area contributed by atoms with Gasteiger partial charge in [-0.1, -0.05) is 18.2 Å². The summed E-state index contributed by atoms with van der Waals surface area (Å²) in [6, 6.07) is 11.4. The molecule has 2 N–H and O–H groups in total. The Hall–Kier alpha value is -2.87. The standard InChI is InChI=1S/C17H16N4O3S/c22-16-13(8-12-4-3-7-25-12)20-21-17(19-16)18-9-11-10-23-14-5-1-2-6-15(14)24-11/h1-7,11H,8-10H2,(H2,18,19,21,22). The van der Waals surface area contributed by atoms with Crippen molar-refractivity contribution in [2.24, 2.45) is 0 Å². The van der Waals surface area contributed by atoms with Crippen LogP contribution in [-0.2, 0) is 6.42 Å². The molecule has 0 saturated carbocycles. The molecule has 4 rings (SSSR count). The van der Waals surface area contributed by atoms with Gasteiger partial charge in [0.1, 0.15) is 18.4 Å². The van der Waals surface area contributed by atoms with Crippen molar-refractivity contribution in [3.05, 3.63) is 62.7 Å². The van der Waals surface area contributed by atoms with Crippen LogP contribution in [0.3, 0.4) is 0 Å². The van der Waals surface area contributed by atoms with E-state index in [9.17, 15) is 4.79 Å². The Bertz CT molecular complexity index is 910. The van der Waals surface area contributed by atoms with Gasteiger partial charge in [-0.3, -0.25) is 9.78 Å². The van der Waals surface area contributed by atoms with Crippen molar-refractivity contribution < 1.29 is 9.47 Å². The molecule has 0 radical (unpaired) electrons. The zero-order chi connectivity index (χ0) is 17.1. The van der Waals surface area contributed by atoms with Crippen molar-refractivity contribution in [3.8, 4) is 11.5 Å². The first-order valence-electron chi connectivity index (χ1n) is 7.88. The second kappa shape index (κ2) is 6.94. The Labute approximate surface area is 147 Å². The van der Waals surface area contributed by atoms with E-state index in [1.807, 2.05) is 41.8 Å². The molecule has 2 aromatic heterocycles. The van der Waals surface area contributed by atoms with Crippen molar-refractivity contribution in [2.75, 3.05) is 18.5 Å². The number of anilines is 1. The summed E-state index contributed by atoms with van der Waals surface area (Å²) >= 11 is 1.59. The van der Waals surface area contributed by atoms with Gasteiger partial charge in [-0.2, -0.15) is 0 Å². The fraction of sp³-hybridized carbons (Fsp3) is 0.235. The van der Waals surface area contributed by atoms with Gasteiger partial charge in [-0.15, -0.1) is 21.5 Å². The van der Waals surface area contributed by atoms with Crippen molar-refractivity contribution in [1.29, 1.82) is 0 Å². The van der Waals surface area contributed by atoms with Crippen LogP contribution in [0.15, 0.2) is 46.6 Å². The molecule has 25 heavy (non-hydrogen) atoms. The SMILES string of the molecule is O=c1[nH]c(NCC2COc3ccccc3O2)nnc1Cc1cccs1. The zero-order valence-electron chi connectivity index (χ0n) is 13.3. The molecule has 1 aromatic carbocycles. The zero-order valence-corrected chi connectivity index (χ0v) is 14.1. The molecule has 3 aromatic rings.